The van der Waals surface area contributed by atoms with Crippen LogP contribution in [0.5, 0.6) is 0 Å². The molecule has 0 fully saturated rings. The Hall–Kier alpha value is -1.94. The quantitative estimate of drug-likeness (QED) is 0.603. The number of rotatable bonds is 2. The number of para-hydroxylation sites is 1. The number of hydrogen-bond donors (Lipinski definition) is 0. The van der Waals surface area contributed by atoms with E-state index in [0.29, 0.717) is 12.6 Å². The highest BCUT2D eigenvalue weighted by molar-refractivity contribution is 8.04. The number of hydrogen-bond acceptors (Lipinski definition) is 4. The van der Waals surface area contributed by atoms with E-state index in [1.807, 2.05) is 24.3 Å². The van der Waals surface area contributed by atoms with Crippen molar-refractivity contribution in [2.45, 2.75) is 4.90 Å². The van der Waals surface area contributed by atoms with Crippen LogP contribution >= 0.6 is 11.8 Å². The monoisotopic (exact) mass is 255 g/mol. The minimum atomic E-state index is -1.13. The van der Waals surface area contributed by atoms with Gasteiger partial charge >= 0.3 is 0 Å². The van der Waals surface area contributed by atoms with Gasteiger partial charge in [-0.25, -0.2) is 4.99 Å². The van der Waals surface area contributed by atoms with Crippen molar-refractivity contribution in [3.05, 3.63) is 47.4 Å². The lowest BCUT2D eigenvalue weighted by Crippen LogP contribution is -2.24. The van der Waals surface area contributed by atoms with Crippen molar-refractivity contribution in [2.75, 3.05) is 0 Å². The molecule has 88 valence electrons. The molecule has 1 aromatic carbocycles. The van der Waals surface area contributed by atoms with Crippen LogP contribution in [0.3, 0.4) is 0 Å². The fourth-order valence-electron chi connectivity index (χ4n) is 1.89. The Bertz CT molecular complexity index is 620. The molecule has 0 bridgehead atoms. The van der Waals surface area contributed by atoms with Gasteiger partial charge in [-0.1, -0.05) is 30.0 Å². The number of thioether (sulfide) groups is 1. The molecule has 18 heavy (non-hydrogen) atoms. The zero-order valence-electron chi connectivity index (χ0n) is 9.37. The summed E-state index contributed by atoms with van der Waals surface area (Å²) in [7, 11) is 0. The Morgan fingerprint density at radius 2 is 1.94 bits per heavy atom. The molecule has 3 rings (SSSR count). The number of benzene rings is 1. The predicted octanol–water partition coefficient (Wildman–Crippen LogP) is 2.70. The van der Waals surface area contributed by atoms with E-state index < -0.39 is 5.41 Å². The molecular weight excluding hydrogens is 246 g/mol. The molecule has 0 aromatic heterocycles. The summed E-state index contributed by atoms with van der Waals surface area (Å²) >= 11 is 1.54. The van der Waals surface area contributed by atoms with Crippen LogP contribution in [0.2, 0.25) is 0 Å². The average molecular weight is 255 g/mol. The second-order valence-corrected chi connectivity index (χ2v) is 5.23. The Labute approximate surface area is 108 Å². The summed E-state index contributed by atoms with van der Waals surface area (Å²) in [4.78, 5) is 28.5. The maximum Gasteiger partial charge on any atom is 0.140 e. The molecule has 4 heteroatoms. The van der Waals surface area contributed by atoms with E-state index in [9.17, 15) is 9.59 Å². The third-order valence-corrected chi connectivity index (χ3v) is 4.01. The number of aliphatic imine (C=N–C) groups is 1. The Morgan fingerprint density at radius 1 is 1.17 bits per heavy atom. The number of aldehydes is 2. The topological polar surface area (TPSA) is 46.5 Å². The van der Waals surface area contributed by atoms with Gasteiger partial charge in [0, 0.05) is 9.80 Å². The number of allylic oxidation sites excluding steroid dienone is 4. The maximum absolute atomic E-state index is 11.1. The second-order valence-electron chi connectivity index (χ2n) is 4.14. The van der Waals surface area contributed by atoms with E-state index >= 15 is 0 Å². The van der Waals surface area contributed by atoms with Crippen molar-refractivity contribution in [1.29, 1.82) is 0 Å². The van der Waals surface area contributed by atoms with Crippen LogP contribution in [-0.4, -0.2) is 18.3 Å². The van der Waals surface area contributed by atoms with Crippen molar-refractivity contribution in [1.82, 2.24) is 0 Å². The van der Waals surface area contributed by atoms with Gasteiger partial charge in [-0.2, -0.15) is 0 Å². The van der Waals surface area contributed by atoms with E-state index in [1.165, 1.54) is 11.8 Å². The molecule has 0 saturated heterocycles. The van der Waals surface area contributed by atoms with E-state index in [4.69, 9.17) is 0 Å². The van der Waals surface area contributed by atoms with Crippen LogP contribution in [-0.2, 0) is 9.59 Å². The Kier molecular flexibility index (Phi) is 2.52. The van der Waals surface area contributed by atoms with Gasteiger partial charge < -0.3 is 9.59 Å². The summed E-state index contributed by atoms with van der Waals surface area (Å²) < 4.78 is 0. The Morgan fingerprint density at radius 3 is 2.72 bits per heavy atom. The van der Waals surface area contributed by atoms with Crippen LogP contribution in [0.4, 0.5) is 5.69 Å². The zero-order chi connectivity index (χ0) is 12.6. The first kappa shape index (κ1) is 11.2. The smallest absolute Gasteiger partial charge is 0.140 e. The van der Waals surface area contributed by atoms with E-state index in [0.717, 1.165) is 21.2 Å². The van der Waals surface area contributed by atoms with Crippen LogP contribution in [0.15, 0.2) is 57.3 Å². The second kappa shape index (κ2) is 4.07. The summed E-state index contributed by atoms with van der Waals surface area (Å²) in [5, 5.41) is 0. The number of carbonyl (C=O) groups excluding carboxylic acids is 2. The van der Waals surface area contributed by atoms with Crippen molar-refractivity contribution in [3.63, 3.8) is 0 Å². The van der Waals surface area contributed by atoms with Crippen LogP contribution in [0.1, 0.15) is 0 Å². The highest BCUT2D eigenvalue weighted by Crippen LogP contribution is 2.43. The third kappa shape index (κ3) is 1.66. The lowest BCUT2D eigenvalue weighted by molar-refractivity contribution is -0.121. The molecule has 1 aliphatic heterocycles. The van der Waals surface area contributed by atoms with E-state index in [2.05, 4.69) is 4.99 Å². The molecule has 0 amide bonds. The van der Waals surface area contributed by atoms with Crippen molar-refractivity contribution >= 4 is 35.7 Å². The largest absolute Gasteiger partial charge is 0.302 e. The lowest BCUT2D eigenvalue weighted by atomic mass is 9.87. The van der Waals surface area contributed by atoms with Gasteiger partial charge in [-0.15, -0.1) is 0 Å². The molecule has 3 nitrogen and oxygen atoms in total. The van der Waals surface area contributed by atoms with E-state index in [-0.39, 0.29) is 0 Å². The fraction of sp³-hybridized carbons (Fsp3) is 0.0714. The lowest BCUT2D eigenvalue weighted by Gasteiger charge is -2.23. The summed E-state index contributed by atoms with van der Waals surface area (Å²) in [6.07, 6.45) is 6.31. The summed E-state index contributed by atoms with van der Waals surface area (Å²) in [6, 6.07) is 7.80. The van der Waals surface area contributed by atoms with Gasteiger partial charge in [0.25, 0.3) is 0 Å². The maximum atomic E-state index is 11.1. The molecular formula is C14H9NO2S. The molecule has 0 spiro atoms. The minimum Gasteiger partial charge on any atom is -0.302 e. The number of carbonyl (C=O) groups is 2. The zero-order valence-corrected chi connectivity index (χ0v) is 10.2. The van der Waals surface area contributed by atoms with Gasteiger partial charge in [0.2, 0.25) is 0 Å². The van der Waals surface area contributed by atoms with Gasteiger partial charge in [0.15, 0.2) is 0 Å². The summed E-state index contributed by atoms with van der Waals surface area (Å²) in [5.41, 5.74) is 0.593. The SMILES string of the molecule is O=CC1(C=O)C=CC2=Nc3ccccc3SC2=C1. The van der Waals surface area contributed by atoms with Gasteiger partial charge in [-0.3, -0.25) is 0 Å². The first-order valence-electron chi connectivity index (χ1n) is 5.47. The molecule has 1 aliphatic carbocycles. The van der Waals surface area contributed by atoms with Crippen molar-refractivity contribution < 1.29 is 9.59 Å². The first-order valence-corrected chi connectivity index (χ1v) is 6.29. The molecule has 0 unspecified atom stereocenters. The molecule has 0 radical (unpaired) electrons. The molecule has 0 atom stereocenters. The van der Waals surface area contributed by atoms with Gasteiger partial charge in [-0.05, 0) is 24.3 Å². The Balaban J connectivity index is 2.11. The van der Waals surface area contributed by atoms with Crippen LogP contribution < -0.4 is 0 Å². The fourth-order valence-corrected chi connectivity index (χ4v) is 2.97. The normalized spacial score (nSPS) is 19.1. The van der Waals surface area contributed by atoms with Crippen LogP contribution in [0.25, 0.3) is 0 Å². The third-order valence-electron chi connectivity index (χ3n) is 2.90. The highest BCUT2D eigenvalue weighted by Gasteiger charge is 2.30. The van der Waals surface area contributed by atoms with Crippen molar-refractivity contribution in [2.24, 2.45) is 10.4 Å². The standard InChI is InChI=1S/C14H9NO2S/c16-8-14(9-17)6-5-11-13(7-14)18-12-4-2-1-3-10(12)15-11/h1-9H. The minimum absolute atomic E-state index is 0.654. The molecule has 1 aromatic rings. The molecule has 0 saturated carbocycles. The summed E-state index contributed by atoms with van der Waals surface area (Å²) in [5.74, 6) is 0. The van der Waals surface area contributed by atoms with Crippen LogP contribution in [0, 0.1) is 5.41 Å². The number of nitrogens with zero attached hydrogens (tertiary/aromatic N) is 1. The van der Waals surface area contributed by atoms with E-state index in [1.54, 1.807) is 18.2 Å². The van der Waals surface area contributed by atoms with Gasteiger partial charge in [0.1, 0.15) is 18.0 Å². The van der Waals surface area contributed by atoms with Crippen molar-refractivity contribution in [3.8, 4) is 0 Å². The number of fused-ring (bicyclic) bond motifs is 2. The predicted molar refractivity (Wildman–Crippen MR) is 71.2 cm³/mol. The molecule has 0 N–H and O–H groups in total. The molecule has 1 heterocycles. The summed E-state index contributed by atoms with van der Waals surface area (Å²) in [6.45, 7) is 0. The van der Waals surface area contributed by atoms with Gasteiger partial charge in [0.05, 0.1) is 11.4 Å². The first-order chi connectivity index (χ1) is 8.76. The average Bonchev–Trinajstić information content (AvgIpc) is 2.44. The molecule has 2 aliphatic rings. The highest BCUT2D eigenvalue weighted by atomic mass is 32.2.